The van der Waals surface area contributed by atoms with Crippen LogP contribution in [0, 0.1) is 0 Å². The highest BCUT2D eigenvalue weighted by molar-refractivity contribution is 5.78. The standard InChI is InChI=1S/C24H35N5O4/c1-4-28(5-2)23(31)18-27-14-7-15-29(17-16-27)22(30)9-6-8-21-25-24(26-33-21)19-10-12-20(32-3)13-11-19/h10-13H,4-9,14-18H2,1-3H3. The maximum Gasteiger partial charge on any atom is 0.236 e. The minimum atomic E-state index is 0.141. The van der Waals surface area contributed by atoms with Crippen LogP contribution in [0.15, 0.2) is 28.8 Å². The Morgan fingerprint density at radius 2 is 1.85 bits per heavy atom. The van der Waals surface area contributed by atoms with Gasteiger partial charge in [0.05, 0.1) is 13.7 Å². The molecule has 0 radical (unpaired) electrons. The van der Waals surface area contributed by atoms with E-state index in [9.17, 15) is 9.59 Å². The predicted molar refractivity (Wildman–Crippen MR) is 125 cm³/mol. The topological polar surface area (TPSA) is 92.0 Å². The molecule has 1 aromatic carbocycles. The van der Waals surface area contributed by atoms with Gasteiger partial charge in [0.2, 0.25) is 23.5 Å². The molecule has 2 heterocycles. The van der Waals surface area contributed by atoms with Gasteiger partial charge in [-0.3, -0.25) is 14.5 Å². The van der Waals surface area contributed by atoms with E-state index < -0.39 is 0 Å². The van der Waals surface area contributed by atoms with Gasteiger partial charge in [-0.15, -0.1) is 0 Å². The van der Waals surface area contributed by atoms with Crippen molar-refractivity contribution in [2.24, 2.45) is 0 Å². The molecule has 1 fully saturated rings. The minimum Gasteiger partial charge on any atom is -0.497 e. The minimum absolute atomic E-state index is 0.141. The van der Waals surface area contributed by atoms with Crippen molar-refractivity contribution in [3.05, 3.63) is 30.2 Å². The molecule has 0 atom stereocenters. The Balaban J connectivity index is 1.42. The number of nitrogens with zero attached hydrogens (tertiary/aromatic N) is 5. The van der Waals surface area contributed by atoms with Crippen molar-refractivity contribution in [1.82, 2.24) is 24.8 Å². The Kier molecular flexibility index (Phi) is 9.24. The first-order valence-electron chi connectivity index (χ1n) is 11.8. The highest BCUT2D eigenvalue weighted by Crippen LogP contribution is 2.20. The molecule has 2 aromatic rings. The lowest BCUT2D eigenvalue weighted by Crippen LogP contribution is -2.42. The van der Waals surface area contributed by atoms with Crippen molar-refractivity contribution >= 4 is 11.8 Å². The van der Waals surface area contributed by atoms with E-state index in [0.717, 1.165) is 50.5 Å². The first kappa shape index (κ1) is 24.7. The molecule has 9 nitrogen and oxygen atoms in total. The molecule has 1 saturated heterocycles. The fraction of sp³-hybridized carbons (Fsp3) is 0.583. The van der Waals surface area contributed by atoms with Gasteiger partial charge in [0, 0.05) is 57.7 Å². The first-order chi connectivity index (χ1) is 16.0. The molecule has 0 saturated carbocycles. The van der Waals surface area contributed by atoms with Crippen molar-refractivity contribution in [3.63, 3.8) is 0 Å². The molecule has 3 rings (SSSR count). The number of aromatic nitrogens is 2. The summed E-state index contributed by atoms with van der Waals surface area (Å²) in [5, 5.41) is 4.04. The van der Waals surface area contributed by atoms with Crippen LogP contribution in [0.2, 0.25) is 0 Å². The van der Waals surface area contributed by atoms with Crippen LogP contribution < -0.4 is 4.74 Å². The number of carbonyl (C=O) groups is 2. The molecule has 0 bridgehead atoms. The molecule has 1 aromatic heterocycles. The number of hydrogen-bond acceptors (Lipinski definition) is 7. The number of ether oxygens (including phenoxy) is 1. The molecule has 0 unspecified atom stereocenters. The number of benzene rings is 1. The summed E-state index contributed by atoms with van der Waals surface area (Å²) in [6.07, 6.45) is 2.54. The molecule has 9 heteroatoms. The second-order valence-corrected chi connectivity index (χ2v) is 8.17. The molecule has 33 heavy (non-hydrogen) atoms. The third kappa shape index (κ3) is 7.02. The molecule has 0 spiro atoms. The average molecular weight is 458 g/mol. The summed E-state index contributed by atoms with van der Waals surface area (Å²) in [7, 11) is 1.62. The summed E-state index contributed by atoms with van der Waals surface area (Å²) in [6, 6.07) is 7.47. The predicted octanol–water partition coefficient (Wildman–Crippen LogP) is 2.47. The fourth-order valence-electron chi connectivity index (χ4n) is 4.01. The maximum atomic E-state index is 12.7. The highest BCUT2D eigenvalue weighted by atomic mass is 16.5. The number of likely N-dealkylation sites (N-methyl/N-ethyl adjacent to an activating group) is 1. The largest absolute Gasteiger partial charge is 0.497 e. The Labute approximate surface area is 195 Å². The van der Waals surface area contributed by atoms with Crippen LogP contribution >= 0.6 is 0 Å². The van der Waals surface area contributed by atoms with Crippen molar-refractivity contribution < 1.29 is 18.8 Å². The van der Waals surface area contributed by atoms with Gasteiger partial charge in [0.25, 0.3) is 0 Å². The quantitative estimate of drug-likeness (QED) is 0.541. The van der Waals surface area contributed by atoms with Crippen LogP contribution in [-0.2, 0) is 16.0 Å². The summed E-state index contributed by atoms with van der Waals surface area (Å²) < 4.78 is 10.5. The van der Waals surface area contributed by atoms with Crippen molar-refractivity contribution in [2.75, 3.05) is 52.9 Å². The van der Waals surface area contributed by atoms with E-state index in [1.54, 1.807) is 7.11 Å². The van der Waals surface area contributed by atoms with Crippen molar-refractivity contribution in [2.45, 2.75) is 39.5 Å². The smallest absolute Gasteiger partial charge is 0.236 e. The lowest BCUT2D eigenvalue weighted by atomic mass is 10.2. The van der Waals surface area contributed by atoms with Gasteiger partial charge in [0.15, 0.2) is 0 Å². The zero-order chi connectivity index (χ0) is 23.6. The molecule has 180 valence electrons. The number of hydrogen-bond donors (Lipinski definition) is 0. The average Bonchev–Trinajstić information content (AvgIpc) is 3.18. The fourth-order valence-corrected chi connectivity index (χ4v) is 4.01. The lowest BCUT2D eigenvalue weighted by molar-refractivity contribution is -0.132. The normalized spacial score (nSPS) is 14.7. The lowest BCUT2D eigenvalue weighted by Gasteiger charge is -2.25. The SMILES string of the molecule is CCN(CC)C(=O)CN1CCCN(C(=O)CCCc2nc(-c3ccc(OC)cc3)no2)CC1. The van der Waals surface area contributed by atoms with Gasteiger partial charge in [-0.05, 0) is 51.0 Å². The third-order valence-corrected chi connectivity index (χ3v) is 6.01. The van der Waals surface area contributed by atoms with E-state index in [2.05, 4.69) is 15.0 Å². The second kappa shape index (κ2) is 12.3. The van der Waals surface area contributed by atoms with E-state index in [1.165, 1.54) is 0 Å². The third-order valence-electron chi connectivity index (χ3n) is 6.01. The van der Waals surface area contributed by atoms with E-state index in [4.69, 9.17) is 9.26 Å². The van der Waals surface area contributed by atoms with E-state index in [1.807, 2.05) is 47.9 Å². The van der Waals surface area contributed by atoms with Gasteiger partial charge >= 0.3 is 0 Å². The van der Waals surface area contributed by atoms with Gasteiger partial charge in [-0.2, -0.15) is 4.98 Å². The number of aryl methyl sites for hydroxylation is 1. The molecular formula is C24H35N5O4. The molecule has 1 aliphatic rings. The van der Waals surface area contributed by atoms with E-state index >= 15 is 0 Å². The molecule has 1 aliphatic heterocycles. The molecule has 0 N–H and O–H groups in total. The van der Waals surface area contributed by atoms with Crippen molar-refractivity contribution in [1.29, 1.82) is 0 Å². The van der Waals surface area contributed by atoms with Gasteiger partial charge in [-0.25, -0.2) is 0 Å². The van der Waals surface area contributed by atoms with Gasteiger partial charge in [0.1, 0.15) is 5.75 Å². The number of carbonyl (C=O) groups excluding carboxylic acids is 2. The zero-order valence-electron chi connectivity index (χ0n) is 20.0. The van der Waals surface area contributed by atoms with E-state index in [0.29, 0.717) is 44.1 Å². The van der Waals surface area contributed by atoms with Crippen LogP contribution in [0.4, 0.5) is 0 Å². The number of amides is 2. The number of methoxy groups -OCH3 is 1. The van der Waals surface area contributed by atoms with Crippen LogP contribution in [0.3, 0.4) is 0 Å². The van der Waals surface area contributed by atoms with Crippen molar-refractivity contribution in [3.8, 4) is 17.1 Å². The van der Waals surface area contributed by atoms with Gasteiger partial charge < -0.3 is 19.1 Å². The highest BCUT2D eigenvalue weighted by Gasteiger charge is 2.21. The monoisotopic (exact) mass is 457 g/mol. The maximum absolute atomic E-state index is 12.7. The zero-order valence-corrected chi connectivity index (χ0v) is 20.0. The second-order valence-electron chi connectivity index (χ2n) is 8.17. The molecule has 0 aliphatic carbocycles. The van der Waals surface area contributed by atoms with Crippen LogP contribution in [0.25, 0.3) is 11.4 Å². The Morgan fingerprint density at radius 1 is 1.09 bits per heavy atom. The summed E-state index contributed by atoms with van der Waals surface area (Å²) in [4.78, 5) is 35.5. The first-order valence-corrected chi connectivity index (χ1v) is 11.8. The summed E-state index contributed by atoms with van der Waals surface area (Å²) in [5.74, 6) is 2.14. The van der Waals surface area contributed by atoms with E-state index in [-0.39, 0.29) is 11.8 Å². The Bertz CT molecular complexity index is 895. The van der Waals surface area contributed by atoms with Gasteiger partial charge in [-0.1, -0.05) is 5.16 Å². The van der Waals surface area contributed by atoms with Crippen LogP contribution in [0.5, 0.6) is 5.75 Å². The summed E-state index contributed by atoms with van der Waals surface area (Å²) in [6.45, 7) is 8.85. The Hall–Kier alpha value is -2.94. The summed E-state index contributed by atoms with van der Waals surface area (Å²) in [5.41, 5.74) is 0.857. The van der Waals surface area contributed by atoms with Crippen LogP contribution in [0.1, 0.15) is 39.0 Å². The Morgan fingerprint density at radius 3 is 2.55 bits per heavy atom. The van der Waals surface area contributed by atoms with Crippen LogP contribution in [-0.4, -0.2) is 89.6 Å². The number of rotatable bonds is 10. The molecule has 2 amide bonds. The molecular weight excluding hydrogens is 422 g/mol. The summed E-state index contributed by atoms with van der Waals surface area (Å²) >= 11 is 0.